The van der Waals surface area contributed by atoms with Crippen LogP contribution in [-0.4, -0.2) is 20.2 Å². The van der Waals surface area contributed by atoms with Crippen molar-refractivity contribution in [3.8, 4) is 6.07 Å². The van der Waals surface area contributed by atoms with Gasteiger partial charge in [-0.2, -0.15) is 5.26 Å². The maximum atomic E-state index is 13.3. The van der Waals surface area contributed by atoms with Crippen LogP contribution in [0.15, 0.2) is 24.3 Å². The van der Waals surface area contributed by atoms with Gasteiger partial charge in [-0.15, -0.1) is 0 Å². The van der Waals surface area contributed by atoms with E-state index >= 15 is 0 Å². The molecule has 1 saturated heterocycles. The minimum absolute atomic E-state index is 0.177. The van der Waals surface area contributed by atoms with Gasteiger partial charge < -0.3 is 0 Å². The van der Waals surface area contributed by atoms with Crippen molar-refractivity contribution in [1.29, 1.82) is 5.26 Å². The van der Waals surface area contributed by atoms with Crippen molar-refractivity contribution in [2.24, 2.45) is 23.2 Å². The molecule has 2 bridgehead atoms. The average Bonchev–Trinajstić information content (AvgIpc) is 3.13. The molecular formula is C18H17ClN2O2S. The Hall–Kier alpha value is -1.51. The Morgan fingerprint density at radius 3 is 2.62 bits per heavy atom. The Morgan fingerprint density at radius 2 is 2.00 bits per heavy atom. The molecule has 4 atom stereocenters. The van der Waals surface area contributed by atoms with Gasteiger partial charge in [0.25, 0.3) is 0 Å². The van der Waals surface area contributed by atoms with Crippen molar-refractivity contribution in [2.75, 3.05) is 10.8 Å². The number of hydrogen-bond acceptors (Lipinski definition) is 3. The van der Waals surface area contributed by atoms with Crippen molar-refractivity contribution in [1.82, 2.24) is 0 Å². The number of fused-ring (bicyclic) bond motifs is 3. The van der Waals surface area contributed by atoms with Gasteiger partial charge in [-0.3, -0.25) is 4.31 Å². The zero-order valence-corrected chi connectivity index (χ0v) is 14.8. The summed E-state index contributed by atoms with van der Waals surface area (Å²) < 4.78 is 28.1. The van der Waals surface area contributed by atoms with Crippen LogP contribution < -0.4 is 4.31 Å². The van der Waals surface area contributed by atoms with E-state index in [1.54, 1.807) is 23.4 Å². The number of benzene rings is 1. The zero-order chi connectivity index (χ0) is 16.9. The molecule has 0 unspecified atom stereocenters. The van der Waals surface area contributed by atoms with Crippen LogP contribution in [0.5, 0.6) is 0 Å². The standard InChI is InChI=1S/C18H17ClN2O2S/c1-10-15(5-2-11(8-20)16(10)19)21-9-12-13-3-4-14(18(13)6-7-18)17(12)24(21,22)23/h2-5,12-14,17H,6-7,9H2,1H3/t12-,13+,14-,17-/m1/s1. The van der Waals surface area contributed by atoms with Gasteiger partial charge in [-0.1, -0.05) is 23.8 Å². The molecule has 4 aliphatic rings. The summed E-state index contributed by atoms with van der Waals surface area (Å²) in [6.07, 6.45) is 6.74. The van der Waals surface area contributed by atoms with Crippen LogP contribution in [0, 0.1) is 41.4 Å². The Labute approximate surface area is 146 Å². The largest absolute Gasteiger partial charge is 0.269 e. The molecular weight excluding hydrogens is 344 g/mol. The smallest absolute Gasteiger partial charge is 0.239 e. The van der Waals surface area contributed by atoms with E-state index in [-0.39, 0.29) is 22.5 Å². The third-order valence-electron chi connectivity index (χ3n) is 6.69. The van der Waals surface area contributed by atoms with E-state index in [0.717, 1.165) is 0 Å². The lowest BCUT2D eigenvalue weighted by molar-refractivity contribution is 0.368. The molecule has 2 saturated carbocycles. The molecule has 6 heteroatoms. The Morgan fingerprint density at radius 1 is 1.29 bits per heavy atom. The van der Waals surface area contributed by atoms with Gasteiger partial charge in [0.15, 0.2) is 0 Å². The highest BCUT2D eigenvalue weighted by molar-refractivity contribution is 7.93. The molecule has 1 heterocycles. The Bertz CT molecular complexity index is 943. The van der Waals surface area contributed by atoms with E-state index in [2.05, 4.69) is 12.2 Å². The first-order valence-electron chi connectivity index (χ1n) is 8.31. The fourth-order valence-corrected chi connectivity index (χ4v) is 8.24. The van der Waals surface area contributed by atoms with Crippen LogP contribution in [0.4, 0.5) is 5.69 Å². The molecule has 1 spiro atoms. The second-order valence-corrected chi connectivity index (χ2v) is 9.95. The summed E-state index contributed by atoms with van der Waals surface area (Å²) in [4.78, 5) is 0. The third kappa shape index (κ3) is 1.52. The summed E-state index contributed by atoms with van der Waals surface area (Å²) in [6.45, 7) is 2.32. The lowest BCUT2D eigenvalue weighted by Crippen LogP contribution is -2.34. The van der Waals surface area contributed by atoms with Crippen LogP contribution >= 0.6 is 11.6 Å². The normalized spacial score (nSPS) is 36.1. The van der Waals surface area contributed by atoms with Crippen LogP contribution in [0.3, 0.4) is 0 Å². The number of halogens is 1. The Kier molecular flexibility index (Phi) is 2.69. The molecule has 1 aliphatic heterocycles. The van der Waals surface area contributed by atoms with E-state index < -0.39 is 10.0 Å². The number of nitrogens with zero attached hydrogens (tertiary/aromatic N) is 2. The second kappa shape index (κ2) is 4.36. The molecule has 0 aromatic heterocycles. The van der Waals surface area contributed by atoms with E-state index in [4.69, 9.17) is 16.9 Å². The molecule has 0 N–H and O–H groups in total. The second-order valence-electron chi connectivity index (χ2n) is 7.56. The summed E-state index contributed by atoms with van der Waals surface area (Å²) in [6, 6.07) is 5.39. The molecule has 4 nitrogen and oxygen atoms in total. The maximum Gasteiger partial charge on any atom is 0.239 e. The monoisotopic (exact) mass is 360 g/mol. The van der Waals surface area contributed by atoms with E-state index in [0.29, 0.717) is 34.3 Å². The first kappa shape index (κ1) is 14.8. The molecule has 3 fully saturated rings. The molecule has 3 aliphatic carbocycles. The number of hydrogen-bond donors (Lipinski definition) is 0. The van der Waals surface area contributed by atoms with Gasteiger partial charge in [0.05, 0.1) is 21.5 Å². The number of nitriles is 1. The summed E-state index contributed by atoms with van der Waals surface area (Å²) in [5.41, 5.74) is 1.93. The highest BCUT2D eigenvalue weighted by atomic mass is 35.5. The summed E-state index contributed by atoms with van der Waals surface area (Å²) in [5.74, 6) is 0.763. The zero-order valence-electron chi connectivity index (χ0n) is 13.2. The minimum Gasteiger partial charge on any atom is -0.269 e. The predicted octanol–water partition coefficient (Wildman–Crippen LogP) is 3.25. The summed E-state index contributed by atoms with van der Waals surface area (Å²) in [7, 11) is -3.40. The Balaban J connectivity index is 1.60. The first-order chi connectivity index (χ1) is 11.4. The highest BCUT2D eigenvalue weighted by Gasteiger charge is 2.72. The van der Waals surface area contributed by atoms with Crippen LogP contribution in [0.25, 0.3) is 0 Å². The lowest BCUT2D eigenvalue weighted by atomic mass is 9.89. The number of sulfonamides is 1. The quantitative estimate of drug-likeness (QED) is 0.722. The van der Waals surface area contributed by atoms with Crippen LogP contribution in [-0.2, 0) is 10.0 Å². The van der Waals surface area contributed by atoms with E-state index in [1.807, 2.05) is 6.07 Å². The number of allylic oxidation sites excluding steroid dienone is 2. The van der Waals surface area contributed by atoms with Gasteiger partial charge >= 0.3 is 0 Å². The average molecular weight is 361 g/mol. The molecule has 0 amide bonds. The fourth-order valence-electron chi connectivity index (χ4n) is 5.47. The fraction of sp³-hybridized carbons (Fsp3) is 0.500. The minimum atomic E-state index is -3.40. The van der Waals surface area contributed by atoms with Crippen molar-refractivity contribution >= 4 is 27.3 Å². The number of rotatable bonds is 1. The van der Waals surface area contributed by atoms with Gasteiger partial charge in [-0.25, -0.2) is 8.42 Å². The third-order valence-corrected chi connectivity index (χ3v) is 9.47. The first-order valence-corrected chi connectivity index (χ1v) is 10.2. The summed E-state index contributed by atoms with van der Waals surface area (Å²) in [5, 5.41) is 9.16. The van der Waals surface area contributed by atoms with Gasteiger partial charge in [0.2, 0.25) is 10.0 Å². The molecule has 5 rings (SSSR count). The van der Waals surface area contributed by atoms with Gasteiger partial charge in [0.1, 0.15) is 6.07 Å². The molecule has 124 valence electrons. The van der Waals surface area contributed by atoms with Crippen molar-refractivity contribution < 1.29 is 8.42 Å². The van der Waals surface area contributed by atoms with E-state index in [1.165, 1.54) is 12.8 Å². The van der Waals surface area contributed by atoms with Crippen LogP contribution in [0.1, 0.15) is 24.0 Å². The van der Waals surface area contributed by atoms with Gasteiger partial charge in [-0.05, 0) is 48.8 Å². The summed E-state index contributed by atoms with van der Waals surface area (Å²) >= 11 is 6.26. The van der Waals surface area contributed by atoms with Crippen LogP contribution in [0.2, 0.25) is 5.02 Å². The molecule has 1 aromatic carbocycles. The highest BCUT2D eigenvalue weighted by Crippen LogP contribution is 2.72. The van der Waals surface area contributed by atoms with Crippen molar-refractivity contribution in [3.63, 3.8) is 0 Å². The molecule has 24 heavy (non-hydrogen) atoms. The molecule has 0 radical (unpaired) electrons. The predicted molar refractivity (Wildman–Crippen MR) is 92.2 cm³/mol. The van der Waals surface area contributed by atoms with Gasteiger partial charge in [0, 0.05) is 18.4 Å². The number of anilines is 1. The lowest BCUT2D eigenvalue weighted by Gasteiger charge is -2.25. The maximum absolute atomic E-state index is 13.3. The SMILES string of the molecule is Cc1c(N2C[C@H]3[C@H]([C@H]4C=C[C@@H]3C43CC3)S2(=O)=O)ccc(C#N)c1Cl. The molecule has 1 aromatic rings. The topological polar surface area (TPSA) is 61.2 Å². The van der Waals surface area contributed by atoms with E-state index in [9.17, 15) is 8.42 Å². The van der Waals surface area contributed by atoms with Crippen molar-refractivity contribution in [2.45, 2.75) is 25.0 Å². The van der Waals surface area contributed by atoms with Crippen molar-refractivity contribution in [3.05, 3.63) is 40.4 Å².